The van der Waals surface area contributed by atoms with Crippen LogP contribution in [0, 0.1) is 0 Å². The molecule has 0 saturated heterocycles. The molecule has 0 spiro atoms. The van der Waals surface area contributed by atoms with Gasteiger partial charge in [0.1, 0.15) is 0 Å². The number of hydrogen-bond donors (Lipinski definition) is 2. The molecule has 0 unspecified atom stereocenters. The van der Waals surface area contributed by atoms with Crippen molar-refractivity contribution in [3.05, 3.63) is 35.4 Å². The molecule has 0 saturated carbocycles. The molecule has 1 rings (SSSR count). The second-order valence-electron chi connectivity index (χ2n) is 4.35. The normalized spacial score (nSPS) is 10.1. The first kappa shape index (κ1) is 15.2. The van der Waals surface area contributed by atoms with Crippen LogP contribution in [0.3, 0.4) is 0 Å². The Morgan fingerprint density at radius 3 is 2.47 bits per heavy atom. The van der Waals surface area contributed by atoms with Crippen LogP contribution in [0.1, 0.15) is 18.1 Å². The smallest absolute Gasteiger partial charge is 0.239 e. The Morgan fingerprint density at radius 2 is 1.89 bits per heavy atom. The highest BCUT2D eigenvalue weighted by Crippen LogP contribution is 2.09. The summed E-state index contributed by atoms with van der Waals surface area (Å²) in [5, 5.41) is 2.66. The molecular formula is C14H21N3O2. The second-order valence-corrected chi connectivity index (χ2v) is 4.35. The van der Waals surface area contributed by atoms with Gasteiger partial charge in [0.2, 0.25) is 11.8 Å². The minimum Gasteiger partial charge on any atom is -0.355 e. The molecular weight excluding hydrogens is 242 g/mol. The standard InChI is InChI=1S/C14H21N3O2/c1-3-16-13(18)10-17(2)14(19)8-11-6-4-5-7-12(11)9-15/h4-7H,3,8-10,15H2,1-2H3,(H,16,18). The predicted molar refractivity (Wildman–Crippen MR) is 74.4 cm³/mol. The summed E-state index contributed by atoms with van der Waals surface area (Å²) in [5.74, 6) is -0.238. The van der Waals surface area contributed by atoms with E-state index >= 15 is 0 Å². The van der Waals surface area contributed by atoms with Gasteiger partial charge in [-0.15, -0.1) is 0 Å². The van der Waals surface area contributed by atoms with E-state index in [0.717, 1.165) is 11.1 Å². The predicted octanol–water partition coefficient (Wildman–Crippen LogP) is 0.282. The number of nitrogens with two attached hydrogens (primary N) is 1. The van der Waals surface area contributed by atoms with Crippen LogP contribution in [-0.2, 0) is 22.6 Å². The van der Waals surface area contributed by atoms with Crippen molar-refractivity contribution in [1.82, 2.24) is 10.2 Å². The number of nitrogens with zero attached hydrogens (tertiary/aromatic N) is 1. The van der Waals surface area contributed by atoms with Crippen LogP contribution in [0.2, 0.25) is 0 Å². The van der Waals surface area contributed by atoms with E-state index in [1.54, 1.807) is 7.05 Å². The first-order valence-corrected chi connectivity index (χ1v) is 6.36. The summed E-state index contributed by atoms with van der Waals surface area (Å²) in [6, 6.07) is 7.58. The van der Waals surface area contributed by atoms with E-state index in [2.05, 4.69) is 5.32 Å². The van der Waals surface area contributed by atoms with Crippen molar-refractivity contribution < 1.29 is 9.59 Å². The maximum Gasteiger partial charge on any atom is 0.239 e. The van der Waals surface area contributed by atoms with Crippen LogP contribution >= 0.6 is 0 Å². The van der Waals surface area contributed by atoms with Gasteiger partial charge in [0.05, 0.1) is 13.0 Å². The molecule has 0 radical (unpaired) electrons. The summed E-state index contributed by atoms with van der Waals surface area (Å²) < 4.78 is 0. The summed E-state index contributed by atoms with van der Waals surface area (Å²) in [4.78, 5) is 24.9. The molecule has 1 aromatic rings. The summed E-state index contributed by atoms with van der Waals surface area (Å²) in [5.41, 5.74) is 7.51. The van der Waals surface area contributed by atoms with Gasteiger partial charge in [-0.05, 0) is 18.1 Å². The van der Waals surface area contributed by atoms with Crippen molar-refractivity contribution >= 4 is 11.8 Å². The first-order valence-electron chi connectivity index (χ1n) is 6.36. The third-order valence-electron chi connectivity index (χ3n) is 2.86. The molecule has 0 bridgehead atoms. The lowest BCUT2D eigenvalue weighted by molar-refractivity contribution is -0.134. The number of benzene rings is 1. The Labute approximate surface area is 113 Å². The molecule has 0 aromatic heterocycles. The molecule has 2 amide bonds. The van der Waals surface area contributed by atoms with Crippen molar-refractivity contribution in [2.75, 3.05) is 20.1 Å². The summed E-state index contributed by atoms with van der Waals surface area (Å²) in [6.45, 7) is 2.90. The zero-order chi connectivity index (χ0) is 14.3. The fourth-order valence-electron chi connectivity index (χ4n) is 1.78. The summed E-state index contributed by atoms with van der Waals surface area (Å²) in [7, 11) is 1.63. The zero-order valence-electron chi connectivity index (χ0n) is 11.5. The van der Waals surface area contributed by atoms with Crippen LogP contribution in [0.4, 0.5) is 0 Å². The molecule has 0 aliphatic carbocycles. The lowest BCUT2D eigenvalue weighted by Crippen LogP contribution is -2.39. The van der Waals surface area contributed by atoms with Gasteiger partial charge >= 0.3 is 0 Å². The highest BCUT2D eigenvalue weighted by Gasteiger charge is 2.14. The molecule has 0 fully saturated rings. The Hall–Kier alpha value is -1.88. The number of rotatable bonds is 6. The Morgan fingerprint density at radius 1 is 1.26 bits per heavy atom. The van der Waals surface area contributed by atoms with Gasteiger partial charge in [-0.25, -0.2) is 0 Å². The Kier molecular flexibility index (Phi) is 6.02. The molecule has 104 valence electrons. The van der Waals surface area contributed by atoms with E-state index in [1.165, 1.54) is 4.90 Å². The van der Waals surface area contributed by atoms with Crippen LogP contribution < -0.4 is 11.1 Å². The van der Waals surface area contributed by atoms with Crippen molar-refractivity contribution in [2.45, 2.75) is 19.9 Å². The number of carbonyl (C=O) groups excluding carboxylic acids is 2. The van der Waals surface area contributed by atoms with Gasteiger partial charge in [-0.3, -0.25) is 9.59 Å². The van der Waals surface area contributed by atoms with E-state index in [-0.39, 0.29) is 24.8 Å². The van der Waals surface area contributed by atoms with E-state index in [9.17, 15) is 9.59 Å². The lowest BCUT2D eigenvalue weighted by Gasteiger charge is -2.17. The quantitative estimate of drug-likeness (QED) is 0.774. The molecule has 0 atom stereocenters. The fraction of sp³-hybridized carbons (Fsp3) is 0.429. The average molecular weight is 263 g/mol. The molecule has 5 nitrogen and oxygen atoms in total. The SMILES string of the molecule is CCNC(=O)CN(C)C(=O)Cc1ccccc1CN. The van der Waals surface area contributed by atoms with Crippen molar-refractivity contribution in [2.24, 2.45) is 5.73 Å². The molecule has 19 heavy (non-hydrogen) atoms. The monoisotopic (exact) mass is 263 g/mol. The van der Waals surface area contributed by atoms with E-state index in [4.69, 9.17) is 5.73 Å². The minimum absolute atomic E-state index is 0.0808. The molecule has 0 heterocycles. The van der Waals surface area contributed by atoms with Gasteiger partial charge < -0.3 is 16.0 Å². The maximum absolute atomic E-state index is 12.0. The van der Waals surface area contributed by atoms with Gasteiger partial charge in [-0.1, -0.05) is 24.3 Å². The fourth-order valence-corrected chi connectivity index (χ4v) is 1.78. The average Bonchev–Trinajstić information content (AvgIpc) is 2.39. The van der Waals surface area contributed by atoms with E-state index in [0.29, 0.717) is 13.1 Å². The first-order chi connectivity index (χ1) is 9.08. The number of hydrogen-bond acceptors (Lipinski definition) is 3. The highest BCUT2D eigenvalue weighted by molar-refractivity contribution is 5.85. The maximum atomic E-state index is 12.0. The molecule has 5 heteroatoms. The van der Waals surface area contributed by atoms with Gasteiger partial charge in [0.15, 0.2) is 0 Å². The van der Waals surface area contributed by atoms with E-state index < -0.39 is 0 Å². The minimum atomic E-state index is -0.148. The Balaban J connectivity index is 2.61. The number of likely N-dealkylation sites (N-methyl/N-ethyl adjacent to an activating group) is 2. The van der Waals surface area contributed by atoms with Crippen molar-refractivity contribution in [3.8, 4) is 0 Å². The lowest BCUT2D eigenvalue weighted by atomic mass is 10.0. The highest BCUT2D eigenvalue weighted by atomic mass is 16.2. The van der Waals surface area contributed by atoms with Crippen molar-refractivity contribution in [3.63, 3.8) is 0 Å². The third kappa shape index (κ3) is 4.71. The summed E-state index contributed by atoms with van der Waals surface area (Å²) in [6.07, 6.45) is 0.267. The topological polar surface area (TPSA) is 75.4 Å². The summed E-state index contributed by atoms with van der Waals surface area (Å²) >= 11 is 0. The van der Waals surface area contributed by atoms with Crippen LogP contribution in [0.25, 0.3) is 0 Å². The molecule has 3 N–H and O–H groups in total. The number of amides is 2. The van der Waals surface area contributed by atoms with Crippen LogP contribution in [0.15, 0.2) is 24.3 Å². The molecule has 1 aromatic carbocycles. The second kappa shape index (κ2) is 7.53. The number of nitrogens with one attached hydrogen (secondary N) is 1. The van der Waals surface area contributed by atoms with Crippen LogP contribution in [0.5, 0.6) is 0 Å². The number of carbonyl (C=O) groups is 2. The van der Waals surface area contributed by atoms with Gasteiger partial charge in [0.25, 0.3) is 0 Å². The molecule has 0 aliphatic heterocycles. The van der Waals surface area contributed by atoms with Crippen molar-refractivity contribution in [1.29, 1.82) is 0 Å². The van der Waals surface area contributed by atoms with Crippen LogP contribution in [-0.4, -0.2) is 36.9 Å². The van der Waals surface area contributed by atoms with E-state index in [1.807, 2.05) is 31.2 Å². The van der Waals surface area contributed by atoms with Gasteiger partial charge in [0, 0.05) is 20.1 Å². The zero-order valence-corrected chi connectivity index (χ0v) is 11.5. The Bertz CT molecular complexity index is 446. The molecule has 0 aliphatic rings. The van der Waals surface area contributed by atoms with Gasteiger partial charge in [-0.2, -0.15) is 0 Å². The third-order valence-corrected chi connectivity index (χ3v) is 2.86. The largest absolute Gasteiger partial charge is 0.355 e.